The van der Waals surface area contributed by atoms with Gasteiger partial charge < -0.3 is 19.6 Å². The SMILES string of the molecule is CC(=O)N1CCN(C(=O)C=Cc2ccc(Sc3ccc(C=CC(=O)N4CCN(C(C)=O)CC4)c(-c4cccc(Cl)c4Cl)c3[N+](=O)[O-])c([N+](=O)[O-])c2-c2cccc(Cl)c2Cl)CC1. The molecule has 316 valence electrons. The van der Waals surface area contributed by atoms with Crippen LogP contribution in [0.3, 0.4) is 0 Å². The standard InChI is InChI=1S/C42H36Cl4N6O8S/c1-25(53)47-17-21-49(22-18-47)35(55)15-11-27-9-13-33(41(51(57)58)37(27)29-5-3-7-31(43)39(29)45)61-34-14-10-28(12-16-36(56)50-23-19-48(20-24-50)26(2)54)38(42(34)52(59)60)30-6-4-8-32(44)40(30)46/h3-16H,17-24H2,1-2H3. The van der Waals surface area contributed by atoms with Gasteiger partial charge in [-0.05, 0) is 47.5 Å². The number of hydrogen-bond acceptors (Lipinski definition) is 9. The Balaban J connectivity index is 1.45. The van der Waals surface area contributed by atoms with Crippen LogP contribution in [0.25, 0.3) is 34.4 Å². The predicted molar refractivity (Wildman–Crippen MR) is 237 cm³/mol. The van der Waals surface area contributed by atoms with Gasteiger partial charge in [-0.25, -0.2) is 0 Å². The van der Waals surface area contributed by atoms with Crippen LogP contribution >= 0.6 is 58.2 Å². The summed E-state index contributed by atoms with van der Waals surface area (Å²) in [6.07, 6.45) is 5.43. The van der Waals surface area contributed by atoms with Crippen LogP contribution in [0.4, 0.5) is 11.4 Å². The van der Waals surface area contributed by atoms with Gasteiger partial charge in [0.05, 0.1) is 50.9 Å². The minimum atomic E-state index is -0.630. The van der Waals surface area contributed by atoms with Gasteiger partial charge in [0.2, 0.25) is 23.6 Å². The Morgan fingerprint density at radius 3 is 1.23 bits per heavy atom. The second kappa shape index (κ2) is 19.5. The molecule has 0 radical (unpaired) electrons. The molecule has 2 heterocycles. The fraction of sp³-hybridized carbons (Fsp3) is 0.238. The first kappa shape index (κ1) is 45.1. The summed E-state index contributed by atoms with van der Waals surface area (Å²) in [7, 11) is 0. The van der Waals surface area contributed by atoms with Crippen LogP contribution in [0.15, 0.2) is 82.6 Å². The summed E-state index contributed by atoms with van der Waals surface area (Å²) in [5.74, 6) is -0.935. The van der Waals surface area contributed by atoms with E-state index in [9.17, 15) is 39.4 Å². The summed E-state index contributed by atoms with van der Waals surface area (Å²) >= 11 is 26.9. The van der Waals surface area contributed by atoms with Crippen molar-refractivity contribution in [3.8, 4) is 22.3 Å². The summed E-state index contributed by atoms with van der Waals surface area (Å²) < 4.78 is 0. The van der Waals surface area contributed by atoms with E-state index in [1.165, 1.54) is 62.4 Å². The van der Waals surface area contributed by atoms with Crippen LogP contribution in [-0.4, -0.2) is 105 Å². The van der Waals surface area contributed by atoms with E-state index < -0.39 is 21.2 Å². The summed E-state index contributed by atoms with van der Waals surface area (Å²) in [6.45, 7) is 5.59. The molecule has 2 fully saturated rings. The van der Waals surface area contributed by atoms with Crippen molar-refractivity contribution in [1.82, 2.24) is 19.6 Å². The number of nitro groups is 2. The van der Waals surface area contributed by atoms with Crippen LogP contribution in [0.1, 0.15) is 25.0 Å². The van der Waals surface area contributed by atoms with Gasteiger partial charge in [0, 0.05) is 89.5 Å². The van der Waals surface area contributed by atoms with Gasteiger partial charge in [-0.1, -0.05) is 94.6 Å². The number of benzene rings is 4. The third-order valence-electron chi connectivity index (χ3n) is 10.3. The van der Waals surface area contributed by atoms with Crippen molar-refractivity contribution in [2.75, 3.05) is 52.4 Å². The molecule has 0 aromatic heterocycles. The van der Waals surface area contributed by atoms with E-state index in [4.69, 9.17) is 46.4 Å². The molecular formula is C42H36Cl4N6O8S. The average molecular weight is 927 g/mol. The highest BCUT2D eigenvalue weighted by Gasteiger charge is 2.32. The van der Waals surface area contributed by atoms with Gasteiger partial charge in [-0.3, -0.25) is 39.4 Å². The van der Waals surface area contributed by atoms with Gasteiger partial charge >= 0.3 is 0 Å². The van der Waals surface area contributed by atoms with Crippen molar-refractivity contribution in [2.45, 2.75) is 23.6 Å². The molecule has 0 spiro atoms. The molecule has 2 aliphatic rings. The van der Waals surface area contributed by atoms with Gasteiger partial charge in [0.25, 0.3) is 11.4 Å². The third kappa shape index (κ3) is 10.0. The Labute approximate surface area is 374 Å². The summed E-state index contributed by atoms with van der Waals surface area (Å²) in [4.78, 5) is 81.6. The Bertz CT molecular complexity index is 2350. The molecular weight excluding hydrogens is 890 g/mol. The zero-order valence-corrected chi connectivity index (χ0v) is 36.4. The molecule has 4 aromatic carbocycles. The maximum atomic E-state index is 13.3. The lowest BCUT2D eigenvalue weighted by molar-refractivity contribution is -0.387. The number of carbonyl (C=O) groups is 4. The molecule has 0 aliphatic carbocycles. The minimum absolute atomic E-state index is 0.00529. The van der Waals surface area contributed by atoms with Gasteiger partial charge in [-0.2, -0.15) is 0 Å². The van der Waals surface area contributed by atoms with Crippen molar-refractivity contribution in [3.05, 3.63) is 124 Å². The fourth-order valence-electron chi connectivity index (χ4n) is 7.08. The van der Waals surface area contributed by atoms with Crippen molar-refractivity contribution < 1.29 is 29.0 Å². The lowest BCUT2D eigenvalue weighted by Gasteiger charge is -2.33. The molecule has 0 atom stereocenters. The maximum Gasteiger partial charge on any atom is 0.291 e. The van der Waals surface area contributed by atoms with Crippen LogP contribution in [0.2, 0.25) is 20.1 Å². The Hall–Kier alpha value is -5.45. The predicted octanol–water partition coefficient (Wildman–Crippen LogP) is 9.01. The van der Waals surface area contributed by atoms with Gasteiger partial charge in [0.15, 0.2) is 0 Å². The van der Waals surface area contributed by atoms with Crippen molar-refractivity contribution in [2.24, 2.45) is 0 Å². The Morgan fingerprint density at radius 2 is 0.902 bits per heavy atom. The zero-order chi connectivity index (χ0) is 44.1. The molecule has 2 aliphatic heterocycles. The van der Waals surface area contributed by atoms with E-state index >= 15 is 0 Å². The molecule has 6 rings (SSSR count). The Kier molecular flexibility index (Phi) is 14.4. The largest absolute Gasteiger partial charge is 0.339 e. The number of carbonyl (C=O) groups excluding carboxylic acids is 4. The molecule has 0 saturated carbocycles. The molecule has 0 unspecified atom stereocenters. The van der Waals surface area contributed by atoms with E-state index in [0.29, 0.717) is 52.4 Å². The second-order valence-electron chi connectivity index (χ2n) is 13.9. The molecule has 61 heavy (non-hydrogen) atoms. The number of hydrogen-bond donors (Lipinski definition) is 0. The lowest BCUT2D eigenvalue weighted by Crippen LogP contribution is -2.49. The van der Waals surface area contributed by atoms with Crippen molar-refractivity contribution >= 4 is 105 Å². The normalized spacial score (nSPS) is 14.5. The quantitative estimate of drug-likeness (QED) is 0.0857. The minimum Gasteiger partial charge on any atom is -0.339 e. The molecule has 0 N–H and O–H groups in total. The first-order valence-electron chi connectivity index (χ1n) is 18.7. The lowest BCUT2D eigenvalue weighted by atomic mass is 9.96. The smallest absolute Gasteiger partial charge is 0.291 e. The van der Waals surface area contributed by atoms with E-state index in [1.54, 1.807) is 56.0 Å². The summed E-state index contributed by atoms with van der Waals surface area (Å²) in [5, 5.41) is 26.5. The highest BCUT2D eigenvalue weighted by atomic mass is 35.5. The summed E-state index contributed by atoms with van der Waals surface area (Å²) in [5.41, 5.74) is -0.0652. The molecule has 4 aromatic rings. The highest BCUT2D eigenvalue weighted by Crippen LogP contribution is 2.51. The highest BCUT2D eigenvalue weighted by molar-refractivity contribution is 7.99. The van der Waals surface area contributed by atoms with Crippen LogP contribution in [0, 0.1) is 20.2 Å². The first-order chi connectivity index (χ1) is 29.1. The maximum absolute atomic E-state index is 13.3. The van der Waals surface area contributed by atoms with E-state index in [-0.39, 0.29) is 86.9 Å². The number of piperazine rings is 2. The van der Waals surface area contributed by atoms with Crippen LogP contribution < -0.4 is 0 Å². The number of amides is 4. The average Bonchev–Trinajstić information content (AvgIpc) is 3.24. The molecule has 2 saturated heterocycles. The van der Waals surface area contributed by atoms with Crippen molar-refractivity contribution in [1.29, 1.82) is 0 Å². The number of nitro benzene ring substituents is 2. The van der Waals surface area contributed by atoms with Gasteiger partial charge in [0.1, 0.15) is 0 Å². The second-order valence-corrected chi connectivity index (χ2v) is 16.6. The Morgan fingerprint density at radius 1 is 0.557 bits per heavy atom. The first-order valence-corrected chi connectivity index (χ1v) is 21.0. The summed E-state index contributed by atoms with van der Waals surface area (Å²) in [6, 6.07) is 15.2. The number of rotatable bonds is 10. The fourth-order valence-corrected chi connectivity index (χ4v) is 8.92. The number of nitrogens with zero attached hydrogens (tertiary/aromatic N) is 6. The van der Waals surface area contributed by atoms with Gasteiger partial charge in [-0.15, -0.1) is 0 Å². The molecule has 0 bridgehead atoms. The molecule has 14 nitrogen and oxygen atoms in total. The monoisotopic (exact) mass is 924 g/mol. The van der Waals surface area contributed by atoms with Crippen LogP contribution in [-0.2, 0) is 19.2 Å². The molecule has 4 amide bonds. The van der Waals surface area contributed by atoms with E-state index in [0.717, 1.165) is 11.8 Å². The van der Waals surface area contributed by atoms with E-state index in [2.05, 4.69) is 0 Å². The van der Waals surface area contributed by atoms with Crippen LogP contribution in [0.5, 0.6) is 0 Å². The topological polar surface area (TPSA) is 168 Å². The molecule has 19 heteroatoms. The van der Waals surface area contributed by atoms with Crippen molar-refractivity contribution in [3.63, 3.8) is 0 Å². The van der Waals surface area contributed by atoms with E-state index in [1.807, 2.05) is 0 Å². The zero-order valence-electron chi connectivity index (χ0n) is 32.6. The number of halogens is 4. The third-order valence-corrected chi connectivity index (χ3v) is 13.0.